The topological polar surface area (TPSA) is 74.6 Å². The summed E-state index contributed by atoms with van der Waals surface area (Å²) < 4.78 is 25.5. The summed E-state index contributed by atoms with van der Waals surface area (Å²) in [5, 5.41) is 15.3. The molecule has 4 unspecified atom stereocenters. The van der Waals surface area contributed by atoms with Crippen LogP contribution in [-0.2, 0) is 9.84 Å². The fraction of sp³-hybridized carbons (Fsp3) is 1.00. The van der Waals surface area contributed by atoms with Gasteiger partial charge in [-0.05, 0) is 25.7 Å². The highest BCUT2D eigenvalue weighted by Gasteiger charge is 2.47. The predicted molar refractivity (Wildman–Crippen MR) is 85.5 cm³/mol. The highest BCUT2D eigenvalue weighted by atomic mass is 35.5. The van der Waals surface area contributed by atoms with Crippen LogP contribution in [0.5, 0.6) is 0 Å². The van der Waals surface area contributed by atoms with E-state index in [1.165, 1.54) is 0 Å². The molecule has 2 aliphatic rings. The molecule has 124 valence electrons. The Balaban J connectivity index is 2.15. The second-order valence-electron chi connectivity index (χ2n) is 5.82. The van der Waals surface area contributed by atoms with Gasteiger partial charge in [0.15, 0.2) is 9.84 Å². The van der Waals surface area contributed by atoms with Gasteiger partial charge in [-0.15, -0.1) is 46.4 Å². The molecule has 4 nitrogen and oxygen atoms in total. The molecular weight excluding hydrogens is 382 g/mol. The van der Waals surface area contributed by atoms with Gasteiger partial charge >= 0.3 is 0 Å². The number of halogens is 4. The molecular formula is C12H18Cl4O4S. The Bertz CT molecular complexity index is 414. The maximum Gasteiger partial charge on any atom is 0.156 e. The van der Waals surface area contributed by atoms with E-state index in [1.807, 2.05) is 0 Å². The third-order valence-corrected chi connectivity index (χ3v) is 8.74. The number of alkyl halides is 4. The normalized spacial score (nSPS) is 49.0. The average Bonchev–Trinajstić information content (AvgIpc) is 2.40. The number of sulfone groups is 1. The fourth-order valence-electron chi connectivity index (χ4n) is 3.02. The third kappa shape index (κ3) is 3.76. The van der Waals surface area contributed by atoms with Crippen LogP contribution in [-0.4, -0.2) is 62.8 Å². The van der Waals surface area contributed by atoms with Crippen molar-refractivity contribution in [3.63, 3.8) is 0 Å². The molecule has 0 heterocycles. The van der Waals surface area contributed by atoms with Crippen LogP contribution < -0.4 is 0 Å². The van der Waals surface area contributed by atoms with Gasteiger partial charge in [0.25, 0.3) is 0 Å². The molecule has 0 aromatic rings. The SMILES string of the molecule is O=S(=O)(C1CC(Cl)C(O)C(Cl)C1)C1CC(Cl)C(O)C(Cl)C1. The van der Waals surface area contributed by atoms with E-state index in [0.29, 0.717) is 0 Å². The van der Waals surface area contributed by atoms with Crippen molar-refractivity contribution in [3.05, 3.63) is 0 Å². The van der Waals surface area contributed by atoms with Crippen LogP contribution in [0.25, 0.3) is 0 Å². The Kier molecular flexibility index (Phi) is 6.01. The molecule has 2 rings (SSSR count). The summed E-state index contributed by atoms with van der Waals surface area (Å²) in [6.07, 6.45) is -1.18. The first-order valence-electron chi connectivity index (χ1n) is 6.79. The summed E-state index contributed by atoms with van der Waals surface area (Å²) in [6, 6.07) is 0. The Morgan fingerprint density at radius 3 is 1.14 bits per heavy atom. The van der Waals surface area contributed by atoms with Gasteiger partial charge in [-0.3, -0.25) is 0 Å². The maximum atomic E-state index is 12.7. The quantitative estimate of drug-likeness (QED) is 0.695. The average molecular weight is 400 g/mol. The molecule has 0 amide bonds. The first-order valence-corrected chi connectivity index (χ1v) is 10.1. The lowest BCUT2D eigenvalue weighted by atomic mass is 9.95. The van der Waals surface area contributed by atoms with Crippen LogP contribution in [0, 0.1) is 0 Å². The van der Waals surface area contributed by atoms with E-state index >= 15 is 0 Å². The Morgan fingerprint density at radius 1 is 0.667 bits per heavy atom. The molecule has 0 aromatic heterocycles. The molecule has 0 radical (unpaired) electrons. The van der Waals surface area contributed by atoms with Crippen LogP contribution in [0.1, 0.15) is 25.7 Å². The van der Waals surface area contributed by atoms with Crippen molar-refractivity contribution in [1.82, 2.24) is 0 Å². The molecule has 2 aliphatic carbocycles. The lowest BCUT2D eigenvalue weighted by Crippen LogP contribution is -2.50. The first-order chi connectivity index (χ1) is 9.64. The first kappa shape index (κ1) is 18.4. The zero-order valence-corrected chi connectivity index (χ0v) is 14.9. The summed E-state index contributed by atoms with van der Waals surface area (Å²) in [5.74, 6) is 0. The molecule has 9 heteroatoms. The smallest absolute Gasteiger partial charge is 0.156 e. The summed E-state index contributed by atoms with van der Waals surface area (Å²) in [5.41, 5.74) is 0. The van der Waals surface area contributed by atoms with Gasteiger partial charge < -0.3 is 10.2 Å². The number of rotatable bonds is 2. The molecule has 4 atom stereocenters. The molecule has 0 saturated heterocycles. The van der Waals surface area contributed by atoms with Gasteiger partial charge in [0.1, 0.15) is 0 Å². The van der Waals surface area contributed by atoms with Crippen LogP contribution in [0.4, 0.5) is 0 Å². The van der Waals surface area contributed by atoms with Crippen LogP contribution in [0.2, 0.25) is 0 Å². The Morgan fingerprint density at radius 2 is 0.905 bits per heavy atom. The van der Waals surface area contributed by atoms with Crippen molar-refractivity contribution < 1.29 is 18.6 Å². The lowest BCUT2D eigenvalue weighted by Gasteiger charge is -2.38. The van der Waals surface area contributed by atoms with E-state index in [0.717, 1.165) is 0 Å². The van der Waals surface area contributed by atoms with Gasteiger partial charge in [0.2, 0.25) is 0 Å². The number of aliphatic hydroxyl groups is 2. The minimum Gasteiger partial charge on any atom is -0.390 e. The standard InChI is InChI=1S/C12H18Cl4O4S/c13-7-1-5(2-8(14)11(7)17)21(19,20)6-3-9(15)12(18)10(16)4-6/h5-12,17-18H,1-4H2. The zero-order valence-electron chi connectivity index (χ0n) is 11.1. The molecule has 2 N–H and O–H groups in total. The summed E-state index contributed by atoms with van der Waals surface area (Å²) >= 11 is 24.0. The van der Waals surface area contributed by atoms with Crippen molar-refractivity contribution in [2.45, 2.75) is 69.9 Å². The molecule has 2 saturated carbocycles. The highest BCUT2D eigenvalue weighted by Crippen LogP contribution is 2.38. The van der Waals surface area contributed by atoms with Gasteiger partial charge in [0, 0.05) is 0 Å². The van der Waals surface area contributed by atoms with Gasteiger partial charge in [-0.1, -0.05) is 0 Å². The van der Waals surface area contributed by atoms with Crippen molar-refractivity contribution in [1.29, 1.82) is 0 Å². The molecule has 2 fully saturated rings. The summed E-state index contributed by atoms with van der Waals surface area (Å²) in [7, 11) is -3.52. The highest BCUT2D eigenvalue weighted by molar-refractivity contribution is 7.92. The zero-order chi connectivity index (χ0) is 15.9. The van der Waals surface area contributed by atoms with Crippen molar-refractivity contribution in [3.8, 4) is 0 Å². The van der Waals surface area contributed by atoms with E-state index in [2.05, 4.69) is 0 Å². The van der Waals surface area contributed by atoms with Crippen LogP contribution in [0.15, 0.2) is 0 Å². The summed E-state index contributed by atoms with van der Waals surface area (Å²) in [6.45, 7) is 0. The largest absolute Gasteiger partial charge is 0.390 e. The maximum absolute atomic E-state index is 12.7. The van der Waals surface area contributed by atoms with Gasteiger partial charge in [-0.25, -0.2) is 8.42 Å². The number of aliphatic hydroxyl groups excluding tert-OH is 2. The minimum atomic E-state index is -3.52. The monoisotopic (exact) mass is 398 g/mol. The Hall–Kier alpha value is 1.03. The van der Waals surface area contributed by atoms with E-state index in [4.69, 9.17) is 46.4 Å². The second-order valence-corrected chi connectivity index (χ2v) is 10.6. The van der Waals surface area contributed by atoms with E-state index in [9.17, 15) is 18.6 Å². The molecule has 21 heavy (non-hydrogen) atoms. The fourth-order valence-corrected chi connectivity index (χ4v) is 7.60. The number of hydrogen-bond acceptors (Lipinski definition) is 4. The third-order valence-electron chi connectivity index (χ3n) is 4.36. The van der Waals surface area contributed by atoms with Gasteiger partial charge in [-0.2, -0.15) is 0 Å². The predicted octanol–water partition coefficient (Wildman–Crippen LogP) is 1.88. The van der Waals surface area contributed by atoms with Crippen LogP contribution in [0.3, 0.4) is 0 Å². The van der Waals surface area contributed by atoms with Crippen molar-refractivity contribution >= 4 is 56.2 Å². The molecule has 0 aliphatic heterocycles. The van der Waals surface area contributed by atoms with E-state index in [1.54, 1.807) is 0 Å². The summed E-state index contributed by atoms with van der Waals surface area (Å²) in [4.78, 5) is 0. The second kappa shape index (κ2) is 6.88. The van der Waals surface area contributed by atoms with E-state index in [-0.39, 0.29) is 25.7 Å². The lowest BCUT2D eigenvalue weighted by molar-refractivity contribution is 0.136. The van der Waals surface area contributed by atoms with Gasteiger partial charge in [0.05, 0.1) is 44.2 Å². The van der Waals surface area contributed by atoms with Crippen molar-refractivity contribution in [2.75, 3.05) is 0 Å². The van der Waals surface area contributed by atoms with Crippen LogP contribution >= 0.6 is 46.4 Å². The minimum absolute atomic E-state index is 0.160. The van der Waals surface area contributed by atoms with Crippen molar-refractivity contribution in [2.24, 2.45) is 0 Å². The number of hydrogen-bond donors (Lipinski definition) is 2. The molecule has 0 aromatic carbocycles. The molecule has 0 bridgehead atoms. The Labute approximate surface area is 144 Å². The van der Waals surface area contributed by atoms with E-state index < -0.39 is 54.1 Å². The molecule has 0 spiro atoms.